The maximum Gasteiger partial charge on any atom is 0.261 e. The summed E-state index contributed by atoms with van der Waals surface area (Å²) in [7, 11) is 0. The third-order valence-electron chi connectivity index (χ3n) is 2.33. The van der Waals surface area contributed by atoms with Crippen LogP contribution in [0.5, 0.6) is 0 Å². The topological polar surface area (TPSA) is 42.0 Å². The minimum atomic E-state index is -0.119. The number of amides is 1. The van der Waals surface area contributed by atoms with Crippen LogP contribution in [0, 0.1) is 6.92 Å². The number of hydrogen-bond acceptors (Lipinski definition) is 3. The van der Waals surface area contributed by atoms with E-state index in [0.29, 0.717) is 15.8 Å². The van der Waals surface area contributed by atoms with Gasteiger partial charge in [0.05, 0.1) is 21.5 Å². The van der Waals surface area contributed by atoms with Crippen molar-refractivity contribution in [1.82, 2.24) is 10.3 Å². The lowest BCUT2D eigenvalue weighted by molar-refractivity contribution is 0.0954. The Labute approximate surface area is 108 Å². The van der Waals surface area contributed by atoms with Gasteiger partial charge in [-0.3, -0.25) is 9.78 Å². The van der Waals surface area contributed by atoms with E-state index in [1.54, 1.807) is 18.3 Å². The summed E-state index contributed by atoms with van der Waals surface area (Å²) in [5.41, 5.74) is 1.94. The number of rotatable bonds is 3. The molecule has 0 saturated heterocycles. The highest BCUT2D eigenvalue weighted by molar-refractivity contribution is 7.17. The van der Waals surface area contributed by atoms with Crippen molar-refractivity contribution in [2.75, 3.05) is 0 Å². The molecule has 1 amide bonds. The summed E-state index contributed by atoms with van der Waals surface area (Å²) in [5.74, 6) is -0.119. The predicted octanol–water partition coefficient (Wildman–Crippen LogP) is 3.03. The fourth-order valence-corrected chi connectivity index (χ4v) is 2.35. The smallest absolute Gasteiger partial charge is 0.261 e. The lowest BCUT2D eigenvalue weighted by atomic mass is 10.2. The number of aryl methyl sites for hydroxylation is 1. The molecule has 0 radical (unpaired) electrons. The second-order valence-electron chi connectivity index (χ2n) is 3.55. The SMILES string of the molecule is Cc1cccnc1CNC(=O)c1ccc(Cl)s1. The molecule has 2 aromatic heterocycles. The van der Waals surface area contributed by atoms with Crippen molar-refractivity contribution in [3.05, 3.63) is 50.9 Å². The van der Waals surface area contributed by atoms with Crippen LogP contribution >= 0.6 is 22.9 Å². The first kappa shape index (κ1) is 12.1. The molecule has 0 saturated carbocycles. The Balaban J connectivity index is 1.99. The van der Waals surface area contributed by atoms with Gasteiger partial charge in [-0.15, -0.1) is 11.3 Å². The fraction of sp³-hybridized carbons (Fsp3) is 0.167. The molecule has 0 aromatic carbocycles. The van der Waals surface area contributed by atoms with Crippen molar-refractivity contribution in [2.24, 2.45) is 0 Å². The van der Waals surface area contributed by atoms with Crippen molar-refractivity contribution < 1.29 is 4.79 Å². The summed E-state index contributed by atoms with van der Waals surface area (Å²) in [6.45, 7) is 2.40. The molecule has 5 heteroatoms. The molecule has 17 heavy (non-hydrogen) atoms. The molecule has 0 atom stereocenters. The zero-order valence-corrected chi connectivity index (χ0v) is 10.8. The molecule has 0 aliphatic rings. The van der Waals surface area contributed by atoms with Crippen molar-refractivity contribution in [2.45, 2.75) is 13.5 Å². The van der Waals surface area contributed by atoms with E-state index >= 15 is 0 Å². The van der Waals surface area contributed by atoms with Crippen LogP contribution in [0.2, 0.25) is 4.34 Å². The van der Waals surface area contributed by atoms with Crippen molar-refractivity contribution >= 4 is 28.8 Å². The molecule has 1 N–H and O–H groups in total. The molecule has 0 spiro atoms. The number of aromatic nitrogens is 1. The van der Waals surface area contributed by atoms with Gasteiger partial charge in [-0.1, -0.05) is 17.7 Å². The Morgan fingerprint density at radius 2 is 2.29 bits per heavy atom. The van der Waals surface area contributed by atoms with Crippen molar-refractivity contribution in [3.63, 3.8) is 0 Å². The van der Waals surface area contributed by atoms with E-state index in [9.17, 15) is 4.79 Å². The maximum atomic E-state index is 11.8. The van der Waals surface area contributed by atoms with Crippen LogP contribution in [0.1, 0.15) is 20.9 Å². The van der Waals surface area contributed by atoms with Gasteiger partial charge in [0.2, 0.25) is 0 Å². The molecule has 3 nitrogen and oxygen atoms in total. The first-order valence-corrected chi connectivity index (χ1v) is 6.30. The largest absolute Gasteiger partial charge is 0.346 e. The van der Waals surface area contributed by atoms with Gasteiger partial charge < -0.3 is 5.32 Å². The molecule has 0 aliphatic heterocycles. The molecule has 2 rings (SSSR count). The van der Waals surface area contributed by atoms with E-state index in [4.69, 9.17) is 11.6 Å². The zero-order chi connectivity index (χ0) is 12.3. The van der Waals surface area contributed by atoms with Crippen LogP contribution in [0.4, 0.5) is 0 Å². The average molecular weight is 267 g/mol. The Morgan fingerprint density at radius 1 is 1.47 bits per heavy atom. The zero-order valence-electron chi connectivity index (χ0n) is 9.24. The van der Waals surface area contributed by atoms with E-state index in [0.717, 1.165) is 11.3 Å². The summed E-state index contributed by atoms with van der Waals surface area (Å²) >= 11 is 7.04. The van der Waals surface area contributed by atoms with Gasteiger partial charge in [0, 0.05) is 6.20 Å². The van der Waals surface area contributed by atoms with Crippen LogP contribution < -0.4 is 5.32 Å². The normalized spacial score (nSPS) is 10.2. The third-order valence-corrected chi connectivity index (χ3v) is 3.56. The molecule has 88 valence electrons. The Hall–Kier alpha value is -1.39. The summed E-state index contributed by atoms with van der Waals surface area (Å²) in [6, 6.07) is 7.27. The number of nitrogens with zero attached hydrogens (tertiary/aromatic N) is 1. The number of halogens is 1. The van der Waals surface area contributed by atoms with Gasteiger partial charge in [-0.2, -0.15) is 0 Å². The van der Waals surface area contributed by atoms with E-state index in [1.807, 2.05) is 19.1 Å². The Morgan fingerprint density at radius 3 is 2.94 bits per heavy atom. The molecule has 2 heterocycles. The number of pyridine rings is 1. The molecule has 0 bridgehead atoms. The maximum absolute atomic E-state index is 11.8. The Kier molecular flexibility index (Phi) is 3.76. The third kappa shape index (κ3) is 3.05. The second kappa shape index (κ2) is 5.29. The number of carbonyl (C=O) groups is 1. The lowest BCUT2D eigenvalue weighted by Gasteiger charge is -2.05. The van der Waals surface area contributed by atoms with Crippen LogP contribution in [0.25, 0.3) is 0 Å². The van der Waals surface area contributed by atoms with E-state index in [-0.39, 0.29) is 5.91 Å². The van der Waals surface area contributed by atoms with Crippen LogP contribution in [0.3, 0.4) is 0 Å². The minimum absolute atomic E-state index is 0.119. The lowest BCUT2D eigenvalue weighted by Crippen LogP contribution is -2.22. The van der Waals surface area contributed by atoms with E-state index < -0.39 is 0 Å². The van der Waals surface area contributed by atoms with Crippen LogP contribution in [-0.4, -0.2) is 10.9 Å². The highest BCUT2D eigenvalue weighted by Gasteiger charge is 2.08. The number of hydrogen-bond donors (Lipinski definition) is 1. The highest BCUT2D eigenvalue weighted by atomic mass is 35.5. The summed E-state index contributed by atoms with van der Waals surface area (Å²) in [6.07, 6.45) is 1.72. The Bertz CT molecular complexity index is 539. The summed E-state index contributed by atoms with van der Waals surface area (Å²) < 4.78 is 0.615. The standard InChI is InChI=1S/C12H11ClN2OS/c1-8-3-2-6-14-9(8)7-15-12(16)10-4-5-11(13)17-10/h2-6H,7H2,1H3,(H,15,16). The molecule has 0 unspecified atom stereocenters. The average Bonchev–Trinajstić information content (AvgIpc) is 2.74. The number of carbonyl (C=O) groups excluding carboxylic acids is 1. The quantitative estimate of drug-likeness (QED) is 0.928. The second-order valence-corrected chi connectivity index (χ2v) is 5.27. The number of thiophene rings is 1. The van der Waals surface area contributed by atoms with Gasteiger partial charge in [0.25, 0.3) is 5.91 Å². The molecular weight excluding hydrogens is 256 g/mol. The molecular formula is C12H11ClN2OS. The van der Waals surface area contributed by atoms with Gasteiger partial charge in [0.1, 0.15) is 0 Å². The van der Waals surface area contributed by atoms with Gasteiger partial charge in [0.15, 0.2) is 0 Å². The van der Waals surface area contributed by atoms with E-state index in [1.165, 1.54) is 11.3 Å². The highest BCUT2D eigenvalue weighted by Crippen LogP contribution is 2.21. The number of nitrogens with one attached hydrogen (secondary N) is 1. The monoisotopic (exact) mass is 266 g/mol. The predicted molar refractivity (Wildman–Crippen MR) is 69.5 cm³/mol. The summed E-state index contributed by atoms with van der Waals surface area (Å²) in [4.78, 5) is 16.6. The van der Waals surface area contributed by atoms with Gasteiger partial charge >= 0.3 is 0 Å². The van der Waals surface area contributed by atoms with Crippen molar-refractivity contribution in [1.29, 1.82) is 0 Å². The first-order valence-electron chi connectivity index (χ1n) is 5.11. The van der Waals surface area contributed by atoms with Crippen LogP contribution in [0.15, 0.2) is 30.5 Å². The van der Waals surface area contributed by atoms with Crippen molar-refractivity contribution in [3.8, 4) is 0 Å². The van der Waals surface area contributed by atoms with Gasteiger partial charge in [-0.05, 0) is 30.7 Å². The first-order chi connectivity index (χ1) is 8.16. The molecule has 0 fully saturated rings. The van der Waals surface area contributed by atoms with Crippen LogP contribution in [-0.2, 0) is 6.54 Å². The van der Waals surface area contributed by atoms with E-state index in [2.05, 4.69) is 10.3 Å². The molecule has 0 aliphatic carbocycles. The fourth-order valence-electron chi connectivity index (χ4n) is 1.39. The van der Waals surface area contributed by atoms with Gasteiger partial charge in [-0.25, -0.2) is 0 Å². The molecule has 2 aromatic rings. The summed E-state index contributed by atoms with van der Waals surface area (Å²) in [5, 5.41) is 2.82. The minimum Gasteiger partial charge on any atom is -0.346 e.